The summed E-state index contributed by atoms with van der Waals surface area (Å²) in [6, 6.07) is 3.48. The van der Waals surface area contributed by atoms with Gasteiger partial charge in [0.1, 0.15) is 5.82 Å². The van der Waals surface area contributed by atoms with Crippen LogP contribution >= 0.6 is 0 Å². The van der Waals surface area contributed by atoms with Gasteiger partial charge >= 0.3 is 5.69 Å². The summed E-state index contributed by atoms with van der Waals surface area (Å²) in [5.41, 5.74) is 1.20. The van der Waals surface area contributed by atoms with Crippen LogP contribution in [0, 0.1) is 18.8 Å². The van der Waals surface area contributed by atoms with Gasteiger partial charge in [0.15, 0.2) is 5.82 Å². The molecule has 4 rings (SSSR count). The van der Waals surface area contributed by atoms with Crippen molar-refractivity contribution >= 4 is 11.7 Å². The first-order valence-corrected chi connectivity index (χ1v) is 10.1. The van der Waals surface area contributed by atoms with Crippen molar-refractivity contribution in [1.29, 1.82) is 0 Å². The Bertz CT molecular complexity index is 942. The van der Waals surface area contributed by atoms with E-state index in [2.05, 4.69) is 20.5 Å². The fraction of sp³-hybridized carbons (Fsp3) is 0.600. The summed E-state index contributed by atoms with van der Waals surface area (Å²) in [4.78, 5) is 32.2. The molecule has 1 aliphatic heterocycles. The minimum atomic E-state index is -0.216. The van der Waals surface area contributed by atoms with Crippen LogP contribution in [0.2, 0.25) is 0 Å². The highest BCUT2D eigenvalue weighted by Gasteiger charge is 2.48. The van der Waals surface area contributed by atoms with Crippen molar-refractivity contribution in [1.82, 2.24) is 24.6 Å². The molecule has 2 unspecified atom stereocenters. The number of nitrogens with zero attached hydrogens (tertiary/aromatic N) is 4. The Morgan fingerprint density at radius 1 is 1.29 bits per heavy atom. The lowest BCUT2D eigenvalue weighted by Gasteiger charge is -2.29. The summed E-state index contributed by atoms with van der Waals surface area (Å²) in [6.45, 7) is 6.51. The van der Waals surface area contributed by atoms with Crippen molar-refractivity contribution in [2.24, 2.45) is 11.8 Å². The van der Waals surface area contributed by atoms with Gasteiger partial charge in [0.25, 0.3) is 5.91 Å². The van der Waals surface area contributed by atoms with Crippen LogP contribution < -0.4 is 11.0 Å². The molecule has 2 aromatic rings. The molecule has 3 heterocycles. The molecule has 0 aromatic carbocycles. The van der Waals surface area contributed by atoms with E-state index >= 15 is 0 Å². The lowest BCUT2D eigenvalue weighted by molar-refractivity contribution is 0.0700. The molecule has 28 heavy (non-hydrogen) atoms. The molecule has 0 bridgehead atoms. The van der Waals surface area contributed by atoms with E-state index in [4.69, 9.17) is 0 Å². The van der Waals surface area contributed by atoms with Crippen molar-refractivity contribution in [3.63, 3.8) is 0 Å². The Hall–Kier alpha value is -2.64. The summed E-state index contributed by atoms with van der Waals surface area (Å²) >= 11 is 0. The zero-order chi connectivity index (χ0) is 20.0. The third-order valence-corrected chi connectivity index (χ3v) is 5.95. The van der Waals surface area contributed by atoms with Crippen molar-refractivity contribution < 1.29 is 4.79 Å². The van der Waals surface area contributed by atoms with Gasteiger partial charge in [-0.15, -0.1) is 0 Å². The zero-order valence-electron chi connectivity index (χ0n) is 16.9. The first-order chi connectivity index (χ1) is 13.4. The van der Waals surface area contributed by atoms with Crippen LogP contribution in [0.15, 0.2) is 16.9 Å². The standard InChI is InChI=1S/C20H28N6O2/c1-11(2)26-18(23-24-20(26)28)16-14(13-6-7-13)9-10-25(16)19(27)15-8-5-12(3)22-17(15)21-4/h5,8,11,13-14,16H,6-7,9-10H2,1-4H3,(H,21,22)(H,24,28). The topological polar surface area (TPSA) is 95.9 Å². The smallest absolute Gasteiger partial charge is 0.343 e. The summed E-state index contributed by atoms with van der Waals surface area (Å²) in [5, 5.41) is 10.0. The number of aryl methyl sites for hydroxylation is 1. The SMILES string of the molecule is CNc1nc(C)ccc1C(=O)N1CCC(C2CC2)C1c1n[nH]c(=O)n1C(C)C. The van der Waals surface area contributed by atoms with Crippen LogP contribution in [0.25, 0.3) is 0 Å². The van der Waals surface area contributed by atoms with E-state index in [1.54, 1.807) is 11.6 Å². The van der Waals surface area contributed by atoms with Crippen LogP contribution in [-0.4, -0.2) is 44.1 Å². The van der Waals surface area contributed by atoms with Crippen LogP contribution in [-0.2, 0) is 0 Å². The molecule has 1 amide bonds. The Morgan fingerprint density at radius 3 is 2.68 bits per heavy atom. The molecule has 2 aromatic heterocycles. The minimum absolute atomic E-state index is 0.0208. The highest BCUT2D eigenvalue weighted by atomic mass is 16.2. The lowest BCUT2D eigenvalue weighted by atomic mass is 9.94. The number of rotatable bonds is 5. The molecule has 0 radical (unpaired) electrons. The van der Waals surface area contributed by atoms with Gasteiger partial charge in [0, 0.05) is 25.3 Å². The van der Waals surface area contributed by atoms with E-state index in [0.717, 1.165) is 12.1 Å². The molecule has 2 fully saturated rings. The highest BCUT2D eigenvalue weighted by molar-refractivity contribution is 5.99. The second-order valence-corrected chi connectivity index (χ2v) is 8.18. The summed E-state index contributed by atoms with van der Waals surface area (Å²) in [5.74, 6) is 2.15. The number of carbonyl (C=O) groups is 1. The molecule has 2 atom stereocenters. The molecular weight excluding hydrogens is 356 g/mol. The van der Waals surface area contributed by atoms with Crippen LogP contribution in [0.3, 0.4) is 0 Å². The number of anilines is 1. The number of hydrogen-bond acceptors (Lipinski definition) is 5. The predicted octanol–water partition coefficient (Wildman–Crippen LogP) is 2.51. The van der Waals surface area contributed by atoms with Crippen LogP contribution in [0.1, 0.15) is 67.1 Å². The molecule has 8 nitrogen and oxygen atoms in total. The zero-order valence-corrected chi connectivity index (χ0v) is 16.9. The number of pyridine rings is 1. The molecule has 2 aliphatic rings. The van der Waals surface area contributed by atoms with Gasteiger partial charge in [-0.1, -0.05) is 0 Å². The van der Waals surface area contributed by atoms with E-state index in [9.17, 15) is 9.59 Å². The number of aromatic nitrogens is 4. The molecule has 1 saturated heterocycles. The maximum Gasteiger partial charge on any atom is 0.343 e. The van der Waals surface area contributed by atoms with Crippen LogP contribution in [0.5, 0.6) is 0 Å². The Kier molecular flexibility index (Phi) is 4.72. The van der Waals surface area contributed by atoms with Gasteiger partial charge in [-0.05, 0) is 64.0 Å². The van der Waals surface area contributed by atoms with Gasteiger partial charge in [0.05, 0.1) is 11.6 Å². The average molecular weight is 384 g/mol. The van der Waals surface area contributed by atoms with E-state index < -0.39 is 0 Å². The lowest BCUT2D eigenvalue weighted by Crippen LogP contribution is -2.36. The van der Waals surface area contributed by atoms with Gasteiger partial charge < -0.3 is 10.2 Å². The van der Waals surface area contributed by atoms with Crippen molar-refractivity contribution in [3.05, 3.63) is 39.7 Å². The summed E-state index contributed by atoms with van der Waals surface area (Å²) in [7, 11) is 1.77. The Labute approximate surface area is 164 Å². The van der Waals surface area contributed by atoms with Gasteiger partial charge in [-0.2, -0.15) is 5.10 Å². The molecule has 2 N–H and O–H groups in total. The third kappa shape index (κ3) is 3.10. The fourth-order valence-electron chi connectivity index (χ4n) is 4.49. The third-order valence-electron chi connectivity index (χ3n) is 5.95. The van der Waals surface area contributed by atoms with E-state index in [1.807, 2.05) is 37.8 Å². The monoisotopic (exact) mass is 384 g/mol. The first-order valence-electron chi connectivity index (χ1n) is 10.1. The second kappa shape index (κ2) is 7.07. The molecule has 1 aliphatic carbocycles. The number of aromatic amines is 1. The minimum Gasteiger partial charge on any atom is -0.372 e. The number of carbonyl (C=O) groups excluding carboxylic acids is 1. The summed E-state index contributed by atoms with van der Waals surface area (Å²) in [6.07, 6.45) is 3.31. The maximum absolute atomic E-state index is 13.5. The molecule has 1 saturated carbocycles. The number of H-pyrrole nitrogens is 1. The van der Waals surface area contributed by atoms with E-state index in [0.29, 0.717) is 35.6 Å². The molecular formula is C20H28N6O2. The average Bonchev–Trinajstić information content (AvgIpc) is 3.30. The predicted molar refractivity (Wildman–Crippen MR) is 106 cm³/mol. The molecule has 8 heteroatoms. The van der Waals surface area contributed by atoms with E-state index in [1.165, 1.54) is 12.8 Å². The largest absolute Gasteiger partial charge is 0.372 e. The van der Waals surface area contributed by atoms with Gasteiger partial charge in [-0.3, -0.25) is 9.36 Å². The molecule has 150 valence electrons. The Morgan fingerprint density at radius 2 is 2.04 bits per heavy atom. The number of likely N-dealkylation sites (tertiary alicyclic amines) is 1. The van der Waals surface area contributed by atoms with Crippen molar-refractivity contribution in [2.45, 2.75) is 52.1 Å². The number of amides is 1. The fourth-order valence-corrected chi connectivity index (χ4v) is 4.49. The van der Waals surface area contributed by atoms with Crippen molar-refractivity contribution in [2.75, 3.05) is 18.9 Å². The van der Waals surface area contributed by atoms with E-state index in [-0.39, 0.29) is 23.7 Å². The van der Waals surface area contributed by atoms with Crippen LogP contribution in [0.4, 0.5) is 5.82 Å². The van der Waals surface area contributed by atoms with Gasteiger partial charge in [0.2, 0.25) is 0 Å². The Balaban J connectivity index is 1.76. The number of nitrogens with one attached hydrogen (secondary N) is 2. The molecule has 0 spiro atoms. The van der Waals surface area contributed by atoms with Gasteiger partial charge in [-0.25, -0.2) is 14.9 Å². The highest BCUT2D eigenvalue weighted by Crippen LogP contribution is 2.50. The first kappa shape index (κ1) is 18.7. The second-order valence-electron chi connectivity index (χ2n) is 8.18. The maximum atomic E-state index is 13.5. The quantitative estimate of drug-likeness (QED) is 0.826. The number of hydrogen-bond donors (Lipinski definition) is 2. The summed E-state index contributed by atoms with van der Waals surface area (Å²) < 4.78 is 1.69. The normalized spacial score (nSPS) is 22.1. The van der Waals surface area contributed by atoms with Crippen molar-refractivity contribution in [3.8, 4) is 0 Å².